The molecule has 1 aliphatic rings. The summed E-state index contributed by atoms with van der Waals surface area (Å²) < 4.78 is 45.1. The van der Waals surface area contributed by atoms with Crippen LogP contribution < -0.4 is 20.7 Å². The predicted molar refractivity (Wildman–Crippen MR) is 166 cm³/mol. The molecule has 4 aromatic heterocycles. The van der Waals surface area contributed by atoms with Gasteiger partial charge >= 0.3 is 6.18 Å². The zero-order chi connectivity index (χ0) is 32.4. The Labute approximate surface area is 261 Å². The number of H-pyrrole nitrogens is 1. The van der Waals surface area contributed by atoms with Gasteiger partial charge in [0, 0.05) is 67.5 Å². The van der Waals surface area contributed by atoms with Crippen LogP contribution in [0.3, 0.4) is 0 Å². The van der Waals surface area contributed by atoms with Gasteiger partial charge in [0.25, 0.3) is 0 Å². The summed E-state index contributed by atoms with van der Waals surface area (Å²) in [6.07, 6.45) is 0.923. The highest BCUT2D eigenvalue weighted by atomic mass is 19.4. The summed E-state index contributed by atoms with van der Waals surface area (Å²) >= 11 is 0. The molecule has 1 atom stereocenters. The van der Waals surface area contributed by atoms with Crippen molar-refractivity contribution in [2.24, 2.45) is 7.05 Å². The van der Waals surface area contributed by atoms with Gasteiger partial charge in [0.2, 0.25) is 23.7 Å². The number of aromatic nitrogens is 7. The number of rotatable bonds is 10. The summed E-state index contributed by atoms with van der Waals surface area (Å²) in [6, 6.07) is 9.07. The Morgan fingerprint density at radius 2 is 2.00 bits per heavy atom. The molecule has 1 fully saturated rings. The Balaban J connectivity index is 1.08. The number of hydrogen-bond donors (Lipinski definition) is 4. The topological polar surface area (TPSA) is 151 Å². The summed E-state index contributed by atoms with van der Waals surface area (Å²) in [5, 5.41) is 13.6. The van der Waals surface area contributed by atoms with E-state index in [4.69, 9.17) is 9.72 Å². The first kappa shape index (κ1) is 30.8. The van der Waals surface area contributed by atoms with Crippen LogP contribution in [0.1, 0.15) is 17.7 Å². The molecule has 0 saturated carbocycles. The molecule has 5 heterocycles. The van der Waals surface area contributed by atoms with Crippen LogP contribution in [0, 0.1) is 13.8 Å². The van der Waals surface area contributed by atoms with Crippen molar-refractivity contribution >= 4 is 40.2 Å². The van der Waals surface area contributed by atoms with Gasteiger partial charge in [-0.25, -0.2) is 15.0 Å². The van der Waals surface area contributed by atoms with Crippen molar-refractivity contribution in [1.29, 1.82) is 0 Å². The standard InChI is InChI=1S/C30H32F3N11O2/c1-17-12-36-29(39-23-11-18(2)43(3)42-23)41-26(17)21-13-35-27-20(21)5-4-6-22(27)38-24(45)15-44-10-8-19(14-44)46-25-7-9-34-28(40-25)37-16-30(31,32)33/h4-7,9,11-13,19,35H,8,10,14-16H2,1-3H3,(H,38,45)(H,34,37,40)(H,36,39,41,42). The molecule has 5 aromatic rings. The van der Waals surface area contributed by atoms with E-state index in [2.05, 4.69) is 41.0 Å². The van der Waals surface area contributed by atoms with Crippen LogP contribution in [0.4, 0.5) is 36.6 Å². The van der Waals surface area contributed by atoms with E-state index in [1.165, 1.54) is 12.3 Å². The number of alkyl halides is 3. The smallest absolute Gasteiger partial charge is 0.405 e. The van der Waals surface area contributed by atoms with Crippen LogP contribution in [-0.2, 0) is 11.8 Å². The number of aromatic amines is 1. The molecule has 0 aliphatic carbocycles. The number of aryl methyl sites for hydroxylation is 3. The largest absolute Gasteiger partial charge is 0.473 e. The van der Waals surface area contributed by atoms with Crippen molar-refractivity contribution in [3.8, 4) is 17.1 Å². The van der Waals surface area contributed by atoms with Crippen LogP contribution in [0.5, 0.6) is 5.88 Å². The fourth-order valence-corrected chi connectivity index (χ4v) is 5.24. The van der Waals surface area contributed by atoms with Gasteiger partial charge in [0.15, 0.2) is 5.82 Å². The Morgan fingerprint density at radius 1 is 1.15 bits per heavy atom. The van der Waals surface area contributed by atoms with Gasteiger partial charge in [-0.15, -0.1) is 0 Å². The Kier molecular flexibility index (Phi) is 8.44. The number of carbonyl (C=O) groups is 1. The zero-order valence-corrected chi connectivity index (χ0v) is 25.3. The molecule has 1 aliphatic heterocycles. The van der Waals surface area contributed by atoms with Gasteiger partial charge in [-0.1, -0.05) is 12.1 Å². The number of para-hydroxylation sites is 1. The van der Waals surface area contributed by atoms with E-state index in [1.54, 1.807) is 10.9 Å². The van der Waals surface area contributed by atoms with Crippen molar-refractivity contribution < 1.29 is 22.7 Å². The van der Waals surface area contributed by atoms with E-state index >= 15 is 0 Å². The lowest BCUT2D eigenvalue weighted by Crippen LogP contribution is -2.33. The monoisotopic (exact) mass is 635 g/mol. The van der Waals surface area contributed by atoms with Crippen molar-refractivity contribution in [1.82, 2.24) is 39.6 Å². The van der Waals surface area contributed by atoms with Crippen molar-refractivity contribution in [2.45, 2.75) is 32.5 Å². The quantitative estimate of drug-likeness (QED) is 0.172. The highest BCUT2D eigenvalue weighted by molar-refractivity contribution is 6.06. The zero-order valence-electron chi connectivity index (χ0n) is 25.3. The minimum absolute atomic E-state index is 0.138. The van der Waals surface area contributed by atoms with E-state index in [1.807, 2.05) is 56.3 Å². The van der Waals surface area contributed by atoms with E-state index in [9.17, 15) is 18.0 Å². The normalized spacial score (nSPS) is 15.3. The molecule has 240 valence electrons. The van der Waals surface area contributed by atoms with Crippen molar-refractivity contribution in [3.63, 3.8) is 0 Å². The fraction of sp³-hybridized carbons (Fsp3) is 0.333. The summed E-state index contributed by atoms with van der Waals surface area (Å²) in [6.45, 7) is 3.87. The molecule has 0 spiro atoms. The Bertz CT molecular complexity index is 1850. The highest BCUT2D eigenvalue weighted by Crippen LogP contribution is 2.33. The second-order valence-corrected chi connectivity index (χ2v) is 11.1. The average Bonchev–Trinajstić information content (AvgIpc) is 3.72. The number of carbonyl (C=O) groups excluding carboxylic acids is 1. The number of halogens is 3. The second-order valence-electron chi connectivity index (χ2n) is 11.1. The predicted octanol–water partition coefficient (Wildman–Crippen LogP) is 4.57. The third kappa shape index (κ3) is 7.17. The molecule has 6 rings (SSSR count). The Hall–Kier alpha value is -5.25. The molecule has 0 radical (unpaired) electrons. The minimum atomic E-state index is -4.39. The van der Waals surface area contributed by atoms with Crippen molar-refractivity contribution in [3.05, 3.63) is 60.2 Å². The maximum absolute atomic E-state index is 13.1. The molecule has 13 nitrogen and oxygen atoms in total. The molecule has 1 aromatic carbocycles. The number of ether oxygens (including phenoxy) is 1. The summed E-state index contributed by atoms with van der Waals surface area (Å²) in [7, 11) is 1.87. The number of likely N-dealkylation sites (tertiary alicyclic amines) is 1. The molecule has 1 unspecified atom stereocenters. The SMILES string of the molecule is Cc1cnc(Nc2cc(C)n(C)n2)nc1-c1c[nH]c2c(NC(=O)CN3CCC(Oc4ccnc(NCC(F)(F)F)n4)C3)cccc12. The van der Waals surface area contributed by atoms with Crippen LogP contribution >= 0.6 is 0 Å². The van der Waals surface area contributed by atoms with Gasteiger partial charge in [-0.2, -0.15) is 23.3 Å². The lowest BCUT2D eigenvalue weighted by atomic mass is 10.1. The number of amides is 1. The Morgan fingerprint density at radius 3 is 2.78 bits per heavy atom. The number of hydrogen-bond acceptors (Lipinski definition) is 10. The third-order valence-electron chi connectivity index (χ3n) is 7.53. The maximum atomic E-state index is 13.1. The molecular weight excluding hydrogens is 603 g/mol. The fourth-order valence-electron chi connectivity index (χ4n) is 5.24. The van der Waals surface area contributed by atoms with Crippen molar-refractivity contribution in [2.75, 3.05) is 42.1 Å². The number of nitrogens with zero attached hydrogens (tertiary/aromatic N) is 7. The minimum Gasteiger partial charge on any atom is -0.473 e. The van der Waals surface area contributed by atoms with E-state index in [0.29, 0.717) is 37.0 Å². The van der Waals surface area contributed by atoms with Crippen LogP contribution in [0.2, 0.25) is 0 Å². The van der Waals surface area contributed by atoms with E-state index in [0.717, 1.165) is 33.4 Å². The summed E-state index contributed by atoms with van der Waals surface area (Å²) in [5.41, 5.74) is 4.90. The first-order valence-corrected chi connectivity index (χ1v) is 14.5. The van der Waals surface area contributed by atoms with Gasteiger partial charge in [0.1, 0.15) is 12.6 Å². The molecule has 0 bridgehead atoms. The molecular formula is C30H32F3N11O2. The van der Waals surface area contributed by atoms with Gasteiger partial charge in [0.05, 0.1) is 23.4 Å². The second kappa shape index (κ2) is 12.6. The van der Waals surface area contributed by atoms with E-state index in [-0.39, 0.29) is 30.4 Å². The highest BCUT2D eigenvalue weighted by Gasteiger charge is 2.28. The summed E-state index contributed by atoms with van der Waals surface area (Å²) in [5.74, 6) is 0.870. The first-order valence-electron chi connectivity index (χ1n) is 14.5. The summed E-state index contributed by atoms with van der Waals surface area (Å²) in [4.78, 5) is 35.3. The number of nitrogens with one attached hydrogen (secondary N) is 4. The van der Waals surface area contributed by atoms with E-state index < -0.39 is 12.7 Å². The molecule has 1 saturated heterocycles. The lowest BCUT2D eigenvalue weighted by Gasteiger charge is -2.17. The maximum Gasteiger partial charge on any atom is 0.405 e. The molecule has 16 heteroatoms. The van der Waals surface area contributed by atoms with Crippen LogP contribution in [0.15, 0.2) is 48.9 Å². The van der Waals surface area contributed by atoms with Gasteiger partial charge < -0.3 is 25.7 Å². The lowest BCUT2D eigenvalue weighted by molar-refractivity contribution is -0.117. The molecule has 46 heavy (non-hydrogen) atoms. The number of fused-ring (bicyclic) bond motifs is 1. The average molecular weight is 636 g/mol. The first-order chi connectivity index (χ1) is 22.0. The molecule has 4 N–H and O–H groups in total. The van der Waals surface area contributed by atoms with Gasteiger partial charge in [-0.05, 0) is 31.9 Å². The number of benzene rings is 1. The third-order valence-corrected chi connectivity index (χ3v) is 7.53. The van der Waals surface area contributed by atoms with Crippen LogP contribution in [-0.4, -0.2) is 84.0 Å². The molecule has 1 amide bonds. The van der Waals surface area contributed by atoms with Crippen LogP contribution in [0.25, 0.3) is 22.2 Å². The number of anilines is 4. The van der Waals surface area contributed by atoms with Gasteiger partial charge in [-0.3, -0.25) is 14.4 Å².